The van der Waals surface area contributed by atoms with Gasteiger partial charge in [-0.05, 0) is 38.2 Å². The third kappa shape index (κ3) is 6.78. The minimum atomic E-state index is -0.170. The first-order chi connectivity index (χ1) is 12.1. The molecule has 0 radical (unpaired) electrons. The number of carbonyl (C=O) groups excluding carboxylic acids is 1. The molecule has 1 aromatic heterocycles. The van der Waals surface area contributed by atoms with Crippen LogP contribution in [0, 0.1) is 12.8 Å². The van der Waals surface area contributed by atoms with Gasteiger partial charge in [-0.15, -0.1) is 0 Å². The minimum Gasteiger partial charge on any atom is -0.459 e. The number of guanidine groups is 1. The summed E-state index contributed by atoms with van der Waals surface area (Å²) in [6.07, 6.45) is 4.96. The van der Waals surface area contributed by atoms with Crippen LogP contribution in [0.2, 0.25) is 0 Å². The Kier molecular flexibility index (Phi) is 7.78. The Bertz CT molecular complexity index is 566. The van der Waals surface area contributed by atoms with Crippen molar-refractivity contribution in [1.29, 1.82) is 0 Å². The maximum atomic E-state index is 11.9. The van der Waals surface area contributed by atoms with Gasteiger partial charge in [0.05, 0.1) is 12.9 Å². The van der Waals surface area contributed by atoms with Crippen molar-refractivity contribution in [3.8, 4) is 0 Å². The quantitative estimate of drug-likeness (QED) is 0.381. The van der Waals surface area contributed by atoms with Gasteiger partial charge in [-0.1, -0.05) is 0 Å². The maximum Gasteiger partial charge on any atom is 0.287 e. The molecule has 1 saturated carbocycles. The number of furan rings is 1. The van der Waals surface area contributed by atoms with E-state index in [0.29, 0.717) is 18.9 Å². The molecule has 0 atom stereocenters. The largest absolute Gasteiger partial charge is 0.459 e. The lowest BCUT2D eigenvalue weighted by molar-refractivity contribution is 0.0924. The predicted octanol–water partition coefficient (Wildman–Crippen LogP) is 1.64. The highest BCUT2D eigenvalue weighted by molar-refractivity contribution is 5.92. The number of aryl methyl sites for hydroxylation is 1. The van der Waals surface area contributed by atoms with E-state index in [0.717, 1.165) is 43.6 Å². The number of likely N-dealkylation sites (N-methyl/N-ethyl adjacent to an activating group) is 1. The van der Waals surface area contributed by atoms with Crippen molar-refractivity contribution in [3.05, 3.63) is 23.7 Å². The van der Waals surface area contributed by atoms with Crippen molar-refractivity contribution in [2.24, 2.45) is 10.9 Å². The first-order valence-electron chi connectivity index (χ1n) is 8.93. The summed E-state index contributed by atoms with van der Waals surface area (Å²) in [7, 11) is 3.77. The van der Waals surface area contributed by atoms with Crippen LogP contribution in [-0.2, 0) is 4.74 Å². The second kappa shape index (κ2) is 10.1. The van der Waals surface area contributed by atoms with Crippen LogP contribution >= 0.6 is 0 Å². The Morgan fingerprint density at radius 1 is 1.40 bits per heavy atom. The van der Waals surface area contributed by atoms with Gasteiger partial charge in [-0.25, -0.2) is 0 Å². The zero-order chi connectivity index (χ0) is 18.1. The number of amides is 1. The van der Waals surface area contributed by atoms with Crippen LogP contribution in [0.15, 0.2) is 21.7 Å². The summed E-state index contributed by atoms with van der Waals surface area (Å²) in [6.45, 7) is 5.57. The molecule has 1 amide bonds. The van der Waals surface area contributed by atoms with Crippen molar-refractivity contribution >= 4 is 11.9 Å². The molecule has 2 N–H and O–H groups in total. The molecule has 1 aliphatic carbocycles. The Hall–Kier alpha value is -2.02. The SMILES string of the molecule is CN=C(NCCCNC(=O)c1occc1C)N(C)CCOCC1CC1. The lowest BCUT2D eigenvalue weighted by atomic mass is 10.2. The molecular formula is C18H30N4O3. The molecule has 7 heteroatoms. The van der Waals surface area contributed by atoms with E-state index in [9.17, 15) is 4.79 Å². The van der Waals surface area contributed by atoms with Crippen LogP contribution < -0.4 is 10.6 Å². The van der Waals surface area contributed by atoms with Crippen LogP contribution in [0.3, 0.4) is 0 Å². The predicted molar refractivity (Wildman–Crippen MR) is 97.9 cm³/mol. The first kappa shape index (κ1) is 19.3. The van der Waals surface area contributed by atoms with E-state index in [2.05, 4.69) is 20.5 Å². The van der Waals surface area contributed by atoms with Gasteiger partial charge in [-0.3, -0.25) is 9.79 Å². The number of carbonyl (C=O) groups is 1. The zero-order valence-electron chi connectivity index (χ0n) is 15.5. The normalized spacial score (nSPS) is 14.4. The fourth-order valence-corrected chi connectivity index (χ4v) is 2.40. The third-order valence-electron chi connectivity index (χ3n) is 4.19. The van der Waals surface area contributed by atoms with Crippen LogP contribution in [-0.4, -0.2) is 63.7 Å². The molecular weight excluding hydrogens is 320 g/mol. The molecule has 0 aliphatic heterocycles. The van der Waals surface area contributed by atoms with E-state index < -0.39 is 0 Å². The number of ether oxygens (including phenoxy) is 1. The highest BCUT2D eigenvalue weighted by Crippen LogP contribution is 2.28. The van der Waals surface area contributed by atoms with E-state index in [1.165, 1.54) is 19.1 Å². The summed E-state index contributed by atoms with van der Waals surface area (Å²) in [5, 5.41) is 6.16. The summed E-state index contributed by atoms with van der Waals surface area (Å²) in [5.41, 5.74) is 0.849. The Morgan fingerprint density at radius 2 is 2.16 bits per heavy atom. The van der Waals surface area contributed by atoms with Crippen molar-refractivity contribution in [1.82, 2.24) is 15.5 Å². The van der Waals surface area contributed by atoms with Gasteiger partial charge in [0.2, 0.25) is 0 Å². The second-order valence-electron chi connectivity index (χ2n) is 6.46. The van der Waals surface area contributed by atoms with Crippen molar-refractivity contribution < 1.29 is 13.9 Å². The molecule has 0 spiro atoms. The average molecular weight is 350 g/mol. The Balaban J connectivity index is 1.55. The maximum absolute atomic E-state index is 11.9. The molecule has 1 heterocycles. The van der Waals surface area contributed by atoms with Gasteiger partial charge in [0.1, 0.15) is 0 Å². The summed E-state index contributed by atoms with van der Waals surface area (Å²) in [5.74, 6) is 1.85. The molecule has 0 bridgehead atoms. The standard InChI is InChI=1S/C18H30N4O3/c1-14-7-11-25-16(14)17(23)20-8-4-9-21-18(19-2)22(3)10-12-24-13-15-5-6-15/h7,11,15H,4-6,8-10,12-13H2,1-3H3,(H,19,21)(H,20,23). The number of hydrogen-bond donors (Lipinski definition) is 2. The number of nitrogens with zero attached hydrogens (tertiary/aromatic N) is 2. The fraction of sp³-hybridized carbons (Fsp3) is 0.667. The van der Waals surface area contributed by atoms with Gasteiger partial charge < -0.3 is 24.7 Å². The molecule has 2 rings (SSSR count). The van der Waals surface area contributed by atoms with Gasteiger partial charge in [0.25, 0.3) is 5.91 Å². The summed E-state index contributed by atoms with van der Waals surface area (Å²) in [4.78, 5) is 18.2. The van der Waals surface area contributed by atoms with Crippen LogP contribution in [0.25, 0.3) is 0 Å². The van der Waals surface area contributed by atoms with Crippen molar-refractivity contribution in [3.63, 3.8) is 0 Å². The minimum absolute atomic E-state index is 0.170. The lowest BCUT2D eigenvalue weighted by Gasteiger charge is -2.22. The molecule has 0 unspecified atom stereocenters. The molecule has 25 heavy (non-hydrogen) atoms. The summed E-state index contributed by atoms with van der Waals surface area (Å²) in [6, 6.07) is 1.78. The zero-order valence-corrected chi connectivity index (χ0v) is 15.5. The molecule has 0 aromatic carbocycles. The molecule has 0 saturated heterocycles. The van der Waals surface area contributed by atoms with E-state index in [4.69, 9.17) is 9.15 Å². The van der Waals surface area contributed by atoms with Gasteiger partial charge in [0.15, 0.2) is 11.7 Å². The van der Waals surface area contributed by atoms with Crippen molar-refractivity contribution in [2.45, 2.75) is 26.2 Å². The van der Waals surface area contributed by atoms with Gasteiger partial charge in [0, 0.05) is 45.9 Å². The average Bonchev–Trinajstić information content (AvgIpc) is 3.33. The number of nitrogens with one attached hydrogen (secondary N) is 2. The van der Waals surface area contributed by atoms with Crippen molar-refractivity contribution in [2.75, 3.05) is 46.9 Å². The number of hydrogen-bond acceptors (Lipinski definition) is 4. The molecule has 1 fully saturated rings. The highest BCUT2D eigenvalue weighted by Gasteiger charge is 2.21. The van der Waals surface area contributed by atoms with E-state index in [-0.39, 0.29) is 5.91 Å². The molecule has 7 nitrogen and oxygen atoms in total. The highest BCUT2D eigenvalue weighted by atomic mass is 16.5. The topological polar surface area (TPSA) is 79.1 Å². The smallest absolute Gasteiger partial charge is 0.287 e. The van der Waals surface area contributed by atoms with E-state index in [1.807, 2.05) is 14.0 Å². The van der Waals surface area contributed by atoms with Gasteiger partial charge in [-0.2, -0.15) is 0 Å². The lowest BCUT2D eigenvalue weighted by Crippen LogP contribution is -2.41. The fourth-order valence-electron chi connectivity index (χ4n) is 2.40. The van der Waals surface area contributed by atoms with E-state index >= 15 is 0 Å². The Morgan fingerprint density at radius 3 is 2.80 bits per heavy atom. The number of aliphatic imine (C=N–C) groups is 1. The van der Waals surface area contributed by atoms with E-state index in [1.54, 1.807) is 13.1 Å². The van der Waals surface area contributed by atoms with Crippen LogP contribution in [0.5, 0.6) is 0 Å². The number of rotatable bonds is 10. The molecule has 1 aromatic rings. The second-order valence-corrected chi connectivity index (χ2v) is 6.46. The summed E-state index contributed by atoms with van der Waals surface area (Å²) >= 11 is 0. The molecule has 1 aliphatic rings. The first-order valence-corrected chi connectivity index (χ1v) is 8.93. The molecule has 140 valence electrons. The summed E-state index contributed by atoms with van der Waals surface area (Å²) < 4.78 is 10.8. The van der Waals surface area contributed by atoms with Crippen LogP contribution in [0.4, 0.5) is 0 Å². The van der Waals surface area contributed by atoms with Crippen LogP contribution in [0.1, 0.15) is 35.4 Å². The Labute approximate surface area is 149 Å². The van der Waals surface area contributed by atoms with Gasteiger partial charge >= 0.3 is 0 Å². The third-order valence-corrected chi connectivity index (χ3v) is 4.19. The monoisotopic (exact) mass is 350 g/mol.